The van der Waals surface area contributed by atoms with Crippen LogP contribution >= 0.6 is 0 Å². The van der Waals surface area contributed by atoms with Crippen LogP contribution in [0.2, 0.25) is 0 Å². The first-order valence-electron chi connectivity index (χ1n) is 9.46. The Morgan fingerprint density at radius 1 is 1.33 bits per heavy atom. The summed E-state index contributed by atoms with van der Waals surface area (Å²) in [6.45, 7) is 1.20. The molecule has 0 radical (unpaired) electrons. The number of aromatic nitrogens is 3. The van der Waals surface area contributed by atoms with Crippen molar-refractivity contribution < 1.29 is 14.3 Å². The second-order valence-electron chi connectivity index (χ2n) is 7.37. The van der Waals surface area contributed by atoms with Crippen molar-refractivity contribution >= 4 is 6.03 Å². The van der Waals surface area contributed by atoms with E-state index in [1.54, 1.807) is 27.9 Å². The summed E-state index contributed by atoms with van der Waals surface area (Å²) in [5.41, 5.74) is 2.07. The molecule has 0 spiro atoms. The summed E-state index contributed by atoms with van der Waals surface area (Å²) in [6.07, 6.45) is 5.74. The second kappa shape index (κ2) is 7.64. The number of hydrogen-bond donors (Lipinski definition) is 2. The Morgan fingerprint density at radius 2 is 2.19 bits per heavy atom. The zero-order valence-electron chi connectivity index (χ0n) is 15.1. The van der Waals surface area contributed by atoms with Gasteiger partial charge >= 0.3 is 6.03 Å². The first-order chi connectivity index (χ1) is 13.1. The summed E-state index contributed by atoms with van der Waals surface area (Å²) in [4.78, 5) is 14.2. The molecular formula is C19H24FN5O2. The maximum atomic E-state index is 14.2. The Bertz CT molecular complexity index is 820. The number of rotatable bonds is 5. The molecule has 1 unspecified atom stereocenters. The average molecular weight is 373 g/mol. The van der Waals surface area contributed by atoms with Crippen molar-refractivity contribution in [2.75, 3.05) is 13.1 Å². The van der Waals surface area contributed by atoms with E-state index in [2.05, 4.69) is 15.6 Å². The van der Waals surface area contributed by atoms with Crippen molar-refractivity contribution in [1.82, 2.24) is 25.2 Å². The minimum absolute atomic E-state index is 0.0341. The minimum Gasteiger partial charge on any atom is -0.390 e. The molecule has 8 heteroatoms. The molecule has 1 atom stereocenters. The van der Waals surface area contributed by atoms with Gasteiger partial charge in [0.2, 0.25) is 0 Å². The first-order valence-corrected chi connectivity index (χ1v) is 9.46. The molecule has 1 aliphatic heterocycles. The van der Waals surface area contributed by atoms with E-state index < -0.39 is 0 Å². The van der Waals surface area contributed by atoms with E-state index in [4.69, 9.17) is 5.11 Å². The zero-order valence-corrected chi connectivity index (χ0v) is 15.1. The topological polar surface area (TPSA) is 83.3 Å². The van der Waals surface area contributed by atoms with Gasteiger partial charge in [0, 0.05) is 25.2 Å². The Labute approximate surface area is 157 Å². The first kappa shape index (κ1) is 17.9. The molecule has 2 N–H and O–H groups in total. The van der Waals surface area contributed by atoms with Gasteiger partial charge in [0.05, 0.1) is 18.8 Å². The molecular weight excluding hydrogens is 349 g/mol. The number of nitrogens with one attached hydrogen (secondary N) is 1. The largest absolute Gasteiger partial charge is 0.390 e. The molecule has 1 aromatic carbocycles. The van der Waals surface area contributed by atoms with Crippen LogP contribution in [0.3, 0.4) is 0 Å². The summed E-state index contributed by atoms with van der Waals surface area (Å²) in [5.74, 6) is 0.256. The smallest absolute Gasteiger partial charge is 0.317 e. The van der Waals surface area contributed by atoms with Crippen LogP contribution in [0.1, 0.15) is 54.5 Å². The van der Waals surface area contributed by atoms with Crippen LogP contribution in [0.15, 0.2) is 24.4 Å². The monoisotopic (exact) mass is 373 g/mol. The Balaban J connectivity index is 1.33. The summed E-state index contributed by atoms with van der Waals surface area (Å²) in [6, 6.07) is 5.16. The number of carbonyl (C=O) groups excluding carboxylic acids is 1. The SMILES string of the molecule is O=C(NCc1ccc(C2CC2)cc1F)N1CCCC(n2cc(CO)nn2)C1. The highest BCUT2D eigenvalue weighted by atomic mass is 19.1. The van der Waals surface area contributed by atoms with E-state index in [0.29, 0.717) is 30.3 Å². The van der Waals surface area contributed by atoms with E-state index in [9.17, 15) is 9.18 Å². The van der Waals surface area contributed by atoms with Crippen molar-refractivity contribution in [2.24, 2.45) is 0 Å². The number of carbonyl (C=O) groups is 1. The van der Waals surface area contributed by atoms with Gasteiger partial charge in [0.15, 0.2) is 0 Å². The molecule has 0 bridgehead atoms. The van der Waals surface area contributed by atoms with Crippen LogP contribution < -0.4 is 5.32 Å². The molecule has 1 aliphatic carbocycles. The third-order valence-corrected chi connectivity index (χ3v) is 5.33. The van der Waals surface area contributed by atoms with Crippen LogP contribution in [0.25, 0.3) is 0 Å². The lowest BCUT2D eigenvalue weighted by Gasteiger charge is -2.32. The van der Waals surface area contributed by atoms with Crippen LogP contribution in [-0.2, 0) is 13.2 Å². The molecule has 2 heterocycles. The highest BCUT2D eigenvalue weighted by molar-refractivity contribution is 5.74. The molecule has 1 saturated carbocycles. The van der Waals surface area contributed by atoms with Gasteiger partial charge in [-0.05, 0) is 43.2 Å². The van der Waals surface area contributed by atoms with Gasteiger partial charge in [0.1, 0.15) is 11.5 Å². The molecule has 1 saturated heterocycles. The number of aliphatic hydroxyl groups excluding tert-OH is 1. The summed E-state index contributed by atoms with van der Waals surface area (Å²) in [7, 11) is 0. The maximum Gasteiger partial charge on any atom is 0.317 e. The molecule has 2 aromatic rings. The number of aliphatic hydroxyl groups is 1. The van der Waals surface area contributed by atoms with Crippen LogP contribution in [-0.4, -0.2) is 44.1 Å². The molecule has 27 heavy (non-hydrogen) atoms. The molecule has 7 nitrogen and oxygen atoms in total. The van der Waals surface area contributed by atoms with E-state index in [-0.39, 0.29) is 31.0 Å². The molecule has 2 amide bonds. The van der Waals surface area contributed by atoms with Crippen molar-refractivity contribution in [1.29, 1.82) is 0 Å². The minimum atomic E-state index is -0.254. The van der Waals surface area contributed by atoms with Gasteiger partial charge in [-0.1, -0.05) is 17.3 Å². The molecule has 1 aromatic heterocycles. The van der Waals surface area contributed by atoms with E-state index in [0.717, 1.165) is 31.2 Å². The number of urea groups is 1. The second-order valence-corrected chi connectivity index (χ2v) is 7.37. The Morgan fingerprint density at radius 3 is 2.89 bits per heavy atom. The lowest BCUT2D eigenvalue weighted by molar-refractivity contribution is 0.162. The molecule has 4 rings (SSSR count). The maximum absolute atomic E-state index is 14.2. The normalized spacial score (nSPS) is 19.9. The van der Waals surface area contributed by atoms with Gasteiger partial charge in [-0.3, -0.25) is 0 Å². The fourth-order valence-corrected chi connectivity index (χ4v) is 3.58. The summed E-state index contributed by atoms with van der Waals surface area (Å²) < 4.78 is 16.0. The van der Waals surface area contributed by atoms with Crippen molar-refractivity contribution in [3.05, 3.63) is 47.0 Å². The van der Waals surface area contributed by atoms with Gasteiger partial charge in [-0.25, -0.2) is 13.9 Å². The number of halogens is 1. The lowest BCUT2D eigenvalue weighted by Crippen LogP contribution is -2.45. The summed E-state index contributed by atoms with van der Waals surface area (Å²) >= 11 is 0. The van der Waals surface area contributed by atoms with Crippen LogP contribution in [0.5, 0.6) is 0 Å². The highest BCUT2D eigenvalue weighted by Crippen LogP contribution is 2.40. The molecule has 2 aliphatic rings. The van der Waals surface area contributed by atoms with Gasteiger partial charge < -0.3 is 15.3 Å². The predicted molar refractivity (Wildman–Crippen MR) is 96.4 cm³/mol. The number of nitrogens with zero attached hydrogens (tertiary/aromatic N) is 4. The number of likely N-dealkylation sites (tertiary alicyclic amines) is 1. The van der Waals surface area contributed by atoms with E-state index in [1.165, 1.54) is 0 Å². The van der Waals surface area contributed by atoms with Crippen molar-refractivity contribution in [2.45, 2.75) is 50.8 Å². The average Bonchev–Trinajstić information content (AvgIpc) is 3.43. The van der Waals surface area contributed by atoms with Crippen LogP contribution in [0.4, 0.5) is 9.18 Å². The van der Waals surface area contributed by atoms with Gasteiger partial charge in [-0.2, -0.15) is 0 Å². The zero-order chi connectivity index (χ0) is 18.8. The van der Waals surface area contributed by atoms with Gasteiger partial charge in [-0.15, -0.1) is 5.10 Å². The molecule has 2 fully saturated rings. The molecule has 144 valence electrons. The lowest BCUT2D eigenvalue weighted by atomic mass is 10.1. The predicted octanol–water partition coefficient (Wildman–Crippen LogP) is 2.33. The highest BCUT2D eigenvalue weighted by Gasteiger charge is 2.26. The van der Waals surface area contributed by atoms with Crippen molar-refractivity contribution in [3.8, 4) is 0 Å². The van der Waals surface area contributed by atoms with Crippen LogP contribution in [0, 0.1) is 5.82 Å². The Kier molecular flexibility index (Phi) is 5.07. The van der Waals surface area contributed by atoms with Crippen molar-refractivity contribution in [3.63, 3.8) is 0 Å². The number of hydrogen-bond acceptors (Lipinski definition) is 4. The standard InChI is InChI=1S/C19H24FN5O2/c20-18-8-14(13-3-4-13)5-6-15(18)9-21-19(27)24-7-1-2-17(11-24)25-10-16(12-26)22-23-25/h5-6,8,10,13,17,26H,1-4,7,9,11-12H2,(H,21,27). The third kappa shape index (κ3) is 4.10. The van der Waals surface area contributed by atoms with E-state index in [1.807, 2.05) is 6.07 Å². The Hall–Kier alpha value is -2.48. The third-order valence-electron chi connectivity index (χ3n) is 5.33. The number of piperidine rings is 1. The fourth-order valence-electron chi connectivity index (χ4n) is 3.58. The van der Waals surface area contributed by atoms with E-state index >= 15 is 0 Å². The summed E-state index contributed by atoms with van der Waals surface area (Å²) in [5, 5.41) is 19.9. The fraction of sp³-hybridized carbons (Fsp3) is 0.526. The quantitative estimate of drug-likeness (QED) is 0.843. The number of amides is 2. The number of benzene rings is 1. The van der Waals surface area contributed by atoms with Gasteiger partial charge in [0.25, 0.3) is 0 Å².